The van der Waals surface area contributed by atoms with E-state index >= 15 is 0 Å². The van der Waals surface area contributed by atoms with Crippen molar-refractivity contribution in [1.29, 1.82) is 0 Å². The van der Waals surface area contributed by atoms with Gasteiger partial charge in [-0.3, -0.25) is 4.68 Å². The molecule has 0 saturated carbocycles. The maximum atomic E-state index is 4.22. The van der Waals surface area contributed by atoms with Crippen molar-refractivity contribution < 1.29 is 0 Å². The Balaban J connectivity index is 2.12. The number of aromatic nitrogens is 2. The number of aryl methyl sites for hydroxylation is 2. The van der Waals surface area contributed by atoms with Gasteiger partial charge in [0.15, 0.2) is 0 Å². The highest BCUT2D eigenvalue weighted by Crippen LogP contribution is 2.25. The zero-order valence-electron chi connectivity index (χ0n) is 10.6. The average molecular weight is 249 g/mol. The lowest BCUT2D eigenvalue weighted by molar-refractivity contribution is 0.558. The monoisotopic (exact) mass is 249 g/mol. The van der Waals surface area contributed by atoms with Gasteiger partial charge in [-0.2, -0.15) is 5.10 Å². The molecule has 0 aromatic carbocycles. The van der Waals surface area contributed by atoms with Crippen molar-refractivity contribution in [2.45, 2.75) is 26.3 Å². The molecule has 92 valence electrons. The fraction of sp³-hybridized carbons (Fsp3) is 0.462. The van der Waals surface area contributed by atoms with Crippen LogP contribution in [0.3, 0.4) is 0 Å². The SMILES string of the molecule is CCNC(Cc1cnn(C)c1)c1ccc(C)s1. The molecule has 0 amide bonds. The van der Waals surface area contributed by atoms with Gasteiger partial charge < -0.3 is 5.32 Å². The zero-order valence-corrected chi connectivity index (χ0v) is 11.4. The fourth-order valence-corrected chi connectivity index (χ4v) is 2.93. The first kappa shape index (κ1) is 12.3. The summed E-state index contributed by atoms with van der Waals surface area (Å²) in [4.78, 5) is 2.78. The molecule has 3 nitrogen and oxygen atoms in total. The van der Waals surface area contributed by atoms with Crippen LogP contribution in [0.2, 0.25) is 0 Å². The molecule has 0 fully saturated rings. The molecular weight excluding hydrogens is 230 g/mol. The van der Waals surface area contributed by atoms with Crippen LogP contribution < -0.4 is 5.32 Å². The van der Waals surface area contributed by atoms with Gasteiger partial charge >= 0.3 is 0 Å². The molecule has 1 N–H and O–H groups in total. The normalized spacial score (nSPS) is 12.9. The molecular formula is C13H19N3S. The molecule has 1 unspecified atom stereocenters. The third-order valence-electron chi connectivity index (χ3n) is 2.75. The maximum absolute atomic E-state index is 4.22. The molecule has 0 aliphatic heterocycles. The molecule has 4 heteroatoms. The van der Waals surface area contributed by atoms with Crippen LogP contribution in [0.15, 0.2) is 24.5 Å². The van der Waals surface area contributed by atoms with Gasteiger partial charge in [0.25, 0.3) is 0 Å². The average Bonchev–Trinajstić information content (AvgIpc) is 2.87. The maximum Gasteiger partial charge on any atom is 0.0522 e. The Morgan fingerprint density at radius 1 is 1.47 bits per heavy atom. The topological polar surface area (TPSA) is 29.9 Å². The lowest BCUT2D eigenvalue weighted by Crippen LogP contribution is -2.21. The minimum absolute atomic E-state index is 0.405. The second-order valence-corrected chi connectivity index (χ2v) is 5.60. The molecule has 0 aliphatic carbocycles. The second kappa shape index (κ2) is 5.47. The standard InChI is InChI=1S/C13H19N3S/c1-4-14-12(13-6-5-10(2)17-13)7-11-8-15-16(3)9-11/h5-6,8-9,12,14H,4,7H2,1-3H3. The van der Waals surface area contributed by atoms with Gasteiger partial charge in [-0.05, 0) is 37.6 Å². The van der Waals surface area contributed by atoms with E-state index in [4.69, 9.17) is 0 Å². The summed E-state index contributed by atoms with van der Waals surface area (Å²) in [7, 11) is 1.96. The fourth-order valence-electron chi connectivity index (χ4n) is 1.97. The second-order valence-electron chi connectivity index (χ2n) is 4.29. The Morgan fingerprint density at radius 2 is 2.29 bits per heavy atom. The number of hydrogen-bond acceptors (Lipinski definition) is 3. The molecule has 0 aliphatic rings. The molecule has 1 atom stereocenters. The number of likely N-dealkylation sites (N-methyl/N-ethyl adjacent to an activating group) is 1. The molecule has 2 aromatic heterocycles. The van der Waals surface area contributed by atoms with E-state index in [-0.39, 0.29) is 0 Å². The van der Waals surface area contributed by atoms with Crippen LogP contribution in [0.5, 0.6) is 0 Å². The molecule has 0 radical (unpaired) electrons. The van der Waals surface area contributed by atoms with E-state index in [1.807, 2.05) is 29.3 Å². The van der Waals surface area contributed by atoms with Gasteiger partial charge in [0, 0.05) is 29.0 Å². The summed E-state index contributed by atoms with van der Waals surface area (Å²) in [5.41, 5.74) is 1.28. The Kier molecular flexibility index (Phi) is 3.97. The highest BCUT2D eigenvalue weighted by molar-refractivity contribution is 7.12. The van der Waals surface area contributed by atoms with Crippen molar-refractivity contribution in [1.82, 2.24) is 15.1 Å². The van der Waals surface area contributed by atoms with Crippen LogP contribution in [0.25, 0.3) is 0 Å². The Morgan fingerprint density at radius 3 is 2.82 bits per heavy atom. The summed E-state index contributed by atoms with van der Waals surface area (Å²) in [6.07, 6.45) is 5.04. The van der Waals surface area contributed by atoms with Crippen LogP contribution in [0.1, 0.15) is 28.3 Å². The summed E-state index contributed by atoms with van der Waals surface area (Å²) in [6.45, 7) is 5.29. The third kappa shape index (κ3) is 3.17. The zero-order chi connectivity index (χ0) is 12.3. The van der Waals surface area contributed by atoms with Crippen molar-refractivity contribution in [2.75, 3.05) is 6.54 Å². The van der Waals surface area contributed by atoms with Gasteiger partial charge in [-0.25, -0.2) is 0 Å². The summed E-state index contributed by atoms with van der Waals surface area (Å²) < 4.78 is 1.86. The first-order valence-corrected chi connectivity index (χ1v) is 6.78. The summed E-state index contributed by atoms with van der Waals surface area (Å²) in [5.74, 6) is 0. The molecule has 0 saturated heterocycles. The largest absolute Gasteiger partial charge is 0.309 e. The van der Waals surface area contributed by atoms with Gasteiger partial charge in [0.05, 0.1) is 6.20 Å². The van der Waals surface area contributed by atoms with E-state index in [0.717, 1.165) is 13.0 Å². The number of hydrogen-bond donors (Lipinski definition) is 1. The van der Waals surface area contributed by atoms with Gasteiger partial charge in [0.1, 0.15) is 0 Å². The Hall–Kier alpha value is -1.13. The van der Waals surface area contributed by atoms with E-state index in [0.29, 0.717) is 6.04 Å². The van der Waals surface area contributed by atoms with E-state index in [2.05, 4.69) is 42.6 Å². The lowest BCUT2D eigenvalue weighted by Gasteiger charge is -2.15. The molecule has 0 spiro atoms. The molecule has 2 heterocycles. The summed E-state index contributed by atoms with van der Waals surface area (Å²) in [5, 5.41) is 7.76. The molecule has 17 heavy (non-hydrogen) atoms. The highest BCUT2D eigenvalue weighted by Gasteiger charge is 2.13. The molecule has 2 aromatic rings. The predicted octanol–water partition coefficient (Wildman–Crippen LogP) is 2.68. The Bertz CT molecular complexity index is 472. The van der Waals surface area contributed by atoms with Crippen molar-refractivity contribution in [3.05, 3.63) is 39.8 Å². The van der Waals surface area contributed by atoms with Crippen molar-refractivity contribution in [2.24, 2.45) is 7.05 Å². The van der Waals surface area contributed by atoms with Crippen LogP contribution in [-0.4, -0.2) is 16.3 Å². The van der Waals surface area contributed by atoms with Crippen LogP contribution in [0.4, 0.5) is 0 Å². The highest BCUT2D eigenvalue weighted by atomic mass is 32.1. The van der Waals surface area contributed by atoms with E-state index in [9.17, 15) is 0 Å². The van der Waals surface area contributed by atoms with Crippen molar-refractivity contribution >= 4 is 11.3 Å². The van der Waals surface area contributed by atoms with Gasteiger partial charge in [-0.15, -0.1) is 11.3 Å². The first-order valence-electron chi connectivity index (χ1n) is 5.96. The number of nitrogens with one attached hydrogen (secondary N) is 1. The van der Waals surface area contributed by atoms with Crippen molar-refractivity contribution in [3.8, 4) is 0 Å². The predicted molar refractivity (Wildman–Crippen MR) is 72.4 cm³/mol. The third-order valence-corrected chi connectivity index (χ3v) is 3.87. The minimum atomic E-state index is 0.405. The van der Waals surface area contributed by atoms with Gasteiger partial charge in [-0.1, -0.05) is 6.92 Å². The van der Waals surface area contributed by atoms with Crippen LogP contribution >= 0.6 is 11.3 Å². The van der Waals surface area contributed by atoms with Crippen molar-refractivity contribution in [3.63, 3.8) is 0 Å². The number of thiophene rings is 1. The number of rotatable bonds is 5. The number of nitrogens with zero attached hydrogens (tertiary/aromatic N) is 2. The summed E-state index contributed by atoms with van der Waals surface area (Å²) >= 11 is 1.87. The van der Waals surface area contributed by atoms with E-state index in [1.165, 1.54) is 15.3 Å². The van der Waals surface area contributed by atoms with Crippen LogP contribution in [-0.2, 0) is 13.5 Å². The smallest absolute Gasteiger partial charge is 0.0522 e. The molecule has 2 rings (SSSR count). The molecule has 0 bridgehead atoms. The minimum Gasteiger partial charge on any atom is -0.309 e. The van der Waals surface area contributed by atoms with Gasteiger partial charge in [0.2, 0.25) is 0 Å². The quantitative estimate of drug-likeness (QED) is 0.883. The van der Waals surface area contributed by atoms with E-state index < -0.39 is 0 Å². The van der Waals surface area contributed by atoms with Crippen LogP contribution in [0, 0.1) is 6.92 Å². The summed E-state index contributed by atoms with van der Waals surface area (Å²) in [6, 6.07) is 4.82. The lowest BCUT2D eigenvalue weighted by atomic mass is 10.1. The van der Waals surface area contributed by atoms with E-state index in [1.54, 1.807) is 0 Å². The first-order chi connectivity index (χ1) is 8.19. The Labute approximate surface area is 106 Å².